The second-order valence-corrected chi connectivity index (χ2v) is 6.65. The number of carbonyl (C=O) groups is 3. The Labute approximate surface area is 168 Å². The van der Waals surface area contributed by atoms with Crippen molar-refractivity contribution in [3.8, 4) is 0 Å². The van der Waals surface area contributed by atoms with Gasteiger partial charge in [-0.25, -0.2) is 4.79 Å². The van der Waals surface area contributed by atoms with Crippen molar-refractivity contribution >= 4 is 29.2 Å². The van der Waals surface area contributed by atoms with Gasteiger partial charge in [-0.1, -0.05) is 12.1 Å². The van der Waals surface area contributed by atoms with Crippen molar-refractivity contribution in [1.82, 2.24) is 14.8 Å². The number of aromatic nitrogens is 1. The zero-order valence-electron chi connectivity index (χ0n) is 16.4. The lowest BCUT2D eigenvalue weighted by molar-refractivity contribution is -0.140. The first kappa shape index (κ1) is 20.1. The van der Waals surface area contributed by atoms with Crippen molar-refractivity contribution in [2.24, 2.45) is 0 Å². The van der Waals surface area contributed by atoms with Crippen molar-refractivity contribution in [3.05, 3.63) is 65.6 Å². The lowest BCUT2D eigenvalue weighted by Gasteiger charge is -2.40. The van der Waals surface area contributed by atoms with Gasteiger partial charge in [0, 0.05) is 25.9 Å². The number of carboxylic acid groups (broad SMARTS) is 1. The van der Waals surface area contributed by atoms with E-state index < -0.39 is 12.1 Å². The van der Waals surface area contributed by atoms with Gasteiger partial charge in [-0.05, 0) is 43.2 Å². The number of benzene rings is 1. The third kappa shape index (κ3) is 3.96. The summed E-state index contributed by atoms with van der Waals surface area (Å²) in [4.78, 5) is 43.7. The van der Waals surface area contributed by atoms with Crippen LogP contribution in [-0.4, -0.2) is 50.4 Å². The zero-order valence-corrected chi connectivity index (χ0v) is 16.4. The SMILES string of the molecule is CCN1C=C(c2ccc(C(=O)O)cc2)N(C(C)=O)C(Nc2cnccc2C)C1=O. The number of nitrogens with zero attached hydrogens (tertiary/aromatic N) is 3. The smallest absolute Gasteiger partial charge is 0.335 e. The predicted octanol–water partition coefficient (Wildman–Crippen LogP) is 2.54. The van der Waals surface area contributed by atoms with Crippen LogP contribution in [0.5, 0.6) is 0 Å². The third-order valence-electron chi connectivity index (χ3n) is 4.75. The molecule has 0 bridgehead atoms. The molecule has 0 radical (unpaired) electrons. The van der Waals surface area contributed by atoms with E-state index >= 15 is 0 Å². The lowest BCUT2D eigenvalue weighted by atomic mass is 10.1. The minimum Gasteiger partial charge on any atom is -0.478 e. The van der Waals surface area contributed by atoms with Crippen molar-refractivity contribution in [2.75, 3.05) is 11.9 Å². The summed E-state index contributed by atoms with van der Waals surface area (Å²) in [6.45, 7) is 5.54. The Hall–Kier alpha value is -3.68. The molecule has 1 unspecified atom stereocenters. The first-order valence-electron chi connectivity index (χ1n) is 9.16. The molecule has 2 aromatic rings. The molecule has 1 aliphatic rings. The van der Waals surface area contributed by atoms with Gasteiger partial charge in [-0.15, -0.1) is 0 Å². The number of likely N-dealkylation sites (N-methyl/N-ethyl adjacent to an activating group) is 1. The zero-order chi connectivity index (χ0) is 21.1. The number of carbonyl (C=O) groups excluding carboxylic acids is 2. The van der Waals surface area contributed by atoms with E-state index in [4.69, 9.17) is 5.11 Å². The number of pyridine rings is 1. The standard InChI is InChI=1S/C21H22N4O4/c1-4-24-12-18(15-5-7-16(8-6-15)21(28)29)25(14(3)26)19(20(24)27)23-17-11-22-10-9-13(17)2/h5-12,19,23H,4H2,1-3H3,(H,28,29). The number of hydrogen-bond acceptors (Lipinski definition) is 5. The highest BCUT2D eigenvalue weighted by molar-refractivity contribution is 5.98. The number of anilines is 1. The van der Waals surface area contributed by atoms with Crippen LogP contribution < -0.4 is 5.32 Å². The molecule has 1 aliphatic heterocycles. The van der Waals surface area contributed by atoms with Crippen LogP contribution in [0, 0.1) is 6.92 Å². The average molecular weight is 394 g/mol. The molecule has 8 nitrogen and oxygen atoms in total. The van der Waals surface area contributed by atoms with E-state index in [-0.39, 0.29) is 17.4 Å². The number of amides is 2. The molecule has 1 aromatic carbocycles. The summed E-state index contributed by atoms with van der Waals surface area (Å²) < 4.78 is 0. The van der Waals surface area contributed by atoms with E-state index in [0.717, 1.165) is 5.56 Å². The van der Waals surface area contributed by atoms with Gasteiger partial charge >= 0.3 is 5.97 Å². The maximum Gasteiger partial charge on any atom is 0.335 e. The minimum atomic E-state index is -1.03. The maximum absolute atomic E-state index is 13.0. The van der Waals surface area contributed by atoms with Crippen LogP contribution in [-0.2, 0) is 9.59 Å². The highest BCUT2D eigenvalue weighted by Gasteiger charge is 2.38. The van der Waals surface area contributed by atoms with Crippen LogP contribution in [0.15, 0.2) is 48.9 Å². The normalized spacial score (nSPS) is 16.4. The van der Waals surface area contributed by atoms with Crippen molar-refractivity contribution in [3.63, 3.8) is 0 Å². The fourth-order valence-electron chi connectivity index (χ4n) is 3.16. The molecular formula is C21H22N4O4. The Balaban J connectivity index is 2.06. The molecule has 29 heavy (non-hydrogen) atoms. The largest absolute Gasteiger partial charge is 0.478 e. The minimum absolute atomic E-state index is 0.142. The molecule has 1 atom stereocenters. The number of hydrogen-bond donors (Lipinski definition) is 2. The van der Waals surface area contributed by atoms with E-state index in [0.29, 0.717) is 23.5 Å². The molecule has 0 saturated heterocycles. The summed E-state index contributed by atoms with van der Waals surface area (Å²) in [5.74, 6) is -1.62. The van der Waals surface area contributed by atoms with Crippen LogP contribution in [0.3, 0.4) is 0 Å². The summed E-state index contributed by atoms with van der Waals surface area (Å²) in [7, 11) is 0. The van der Waals surface area contributed by atoms with E-state index in [1.807, 2.05) is 19.9 Å². The number of aromatic carboxylic acids is 1. The van der Waals surface area contributed by atoms with Gasteiger partial charge < -0.3 is 15.3 Å². The van der Waals surface area contributed by atoms with Gasteiger partial charge in [0.05, 0.1) is 23.1 Å². The van der Waals surface area contributed by atoms with Crippen LogP contribution in [0.4, 0.5) is 5.69 Å². The number of nitrogens with one attached hydrogen (secondary N) is 1. The summed E-state index contributed by atoms with van der Waals surface area (Å²) >= 11 is 0. The molecule has 0 aliphatic carbocycles. The Kier molecular flexibility index (Phi) is 5.63. The van der Waals surface area contributed by atoms with Crippen molar-refractivity contribution in [1.29, 1.82) is 0 Å². The fourth-order valence-corrected chi connectivity index (χ4v) is 3.16. The molecule has 0 fully saturated rings. The van der Waals surface area contributed by atoms with Gasteiger partial charge in [0.15, 0.2) is 6.17 Å². The molecule has 2 amide bonds. The molecule has 2 N–H and O–H groups in total. The highest BCUT2D eigenvalue weighted by atomic mass is 16.4. The molecule has 150 valence electrons. The molecule has 3 rings (SSSR count). The number of aryl methyl sites for hydroxylation is 1. The van der Waals surface area contributed by atoms with E-state index in [2.05, 4.69) is 10.3 Å². The first-order valence-corrected chi connectivity index (χ1v) is 9.16. The lowest BCUT2D eigenvalue weighted by Crippen LogP contribution is -2.55. The maximum atomic E-state index is 13.0. The molecule has 0 spiro atoms. The molecule has 8 heteroatoms. The summed E-state index contributed by atoms with van der Waals surface area (Å²) in [6, 6.07) is 8.00. The second kappa shape index (κ2) is 8.14. The molecule has 0 saturated carbocycles. The third-order valence-corrected chi connectivity index (χ3v) is 4.75. The van der Waals surface area contributed by atoms with Gasteiger partial charge in [-0.3, -0.25) is 19.5 Å². The quantitative estimate of drug-likeness (QED) is 0.808. The van der Waals surface area contributed by atoms with Crippen molar-refractivity contribution < 1.29 is 19.5 Å². The topological polar surface area (TPSA) is 103 Å². The van der Waals surface area contributed by atoms with Gasteiger partial charge in [-0.2, -0.15) is 0 Å². The van der Waals surface area contributed by atoms with E-state index in [1.54, 1.807) is 30.7 Å². The average Bonchev–Trinajstić information content (AvgIpc) is 2.70. The van der Waals surface area contributed by atoms with E-state index in [9.17, 15) is 14.4 Å². The summed E-state index contributed by atoms with van der Waals surface area (Å²) in [5.41, 5.74) is 2.82. The second-order valence-electron chi connectivity index (χ2n) is 6.65. The Morgan fingerprint density at radius 1 is 1.21 bits per heavy atom. The molecule has 1 aromatic heterocycles. The van der Waals surface area contributed by atoms with Crippen LogP contribution in [0.2, 0.25) is 0 Å². The Morgan fingerprint density at radius 2 is 1.90 bits per heavy atom. The molecule has 2 heterocycles. The Bertz CT molecular complexity index is 984. The monoisotopic (exact) mass is 394 g/mol. The van der Waals surface area contributed by atoms with E-state index in [1.165, 1.54) is 28.9 Å². The van der Waals surface area contributed by atoms with Crippen LogP contribution in [0.1, 0.15) is 35.3 Å². The fraction of sp³-hybridized carbons (Fsp3) is 0.238. The molecular weight excluding hydrogens is 372 g/mol. The van der Waals surface area contributed by atoms with Gasteiger partial charge in [0.1, 0.15) is 0 Å². The number of carboxylic acids is 1. The first-order chi connectivity index (χ1) is 13.8. The highest BCUT2D eigenvalue weighted by Crippen LogP contribution is 2.29. The van der Waals surface area contributed by atoms with Crippen LogP contribution in [0.25, 0.3) is 5.70 Å². The van der Waals surface area contributed by atoms with Gasteiger partial charge in [0.25, 0.3) is 5.91 Å². The van der Waals surface area contributed by atoms with Crippen molar-refractivity contribution in [2.45, 2.75) is 26.9 Å². The predicted molar refractivity (Wildman–Crippen MR) is 108 cm³/mol. The van der Waals surface area contributed by atoms with Crippen LogP contribution >= 0.6 is 0 Å². The number of rotatable bonds is 5. The Morgan fingerprint density at radius 3 is 2.45 bits per heavy atom. The summed E-state index contributed by atoms with van der Waals surface area (Å²) in [5, 5.41) is 12.3. The van der Waals surface area contributed by atoms with Gasteiger partial charge in [0.2, 0.25) is 5.91 Å². The summed E-state index contributed by atoms with van der Waals surface area (Å²) in [6.07, 6.45) is 3.93.